The van der Waals surface area contributed by atoms with Gasteiger partial charge in [-0.2, -0.15) is 0 Å². The maximum absolute atomic E-state index is 12.1. The molecule has 1 aliphatic heterocycles. The number of nitrogens with zero attached hydrogens (tertiary/aromatic N) is 1. The van der Waals surface area contributed by atoms with E-state index in [0.717, 1.165) is 29.5 Å². The summed E-state index contributed by atoms with van der Waals surface area (Å²) in [5.74, 6) is 3.11. The molecule has 1 saturated heterocycles. The molecule has 3 aliphatic rings. The highest BCUT2D eigenvalue weighted by atomic mass is 32.2. The number of rotatable bonds is 3. The number of hydrogen-bond donors (Lipinski definition) is 1. The number of aliphatic imine (C=N–C) groups is 1. The van der Waals surface area contributed by atoms with Gasteiger partial charge in [-0.15, -0.1) is 0 Å². The Balaban J connectivity index is 1.62. The van der Waals surface area contributed by atoms with Gasteiger partial charge in [-0.25, -0.2) is 0 Å². The van der Waals surface area contributed by atoms with Crippen molar-refractivity contribution in [3.05, 3.63) is 0 Å². The zero-order chi connectivity index (χ0) is 13.6. The number of amides is 1. The largest absolute Gasteiger partial charge is 0.304 e. The van der Waals surface area contributed by atoms with Gasteiger partial charge in [0.15, 0.2) is 5.17 Å². The number of carbonyl (C=O) groups excluding carboxylic acids is 1. The second kappa shape index (κ2) is 4.80. The molecular formula is C15H24N2OS. The lowest BCUT2D eigenvalue weighted by Crippen LogP contribution is -2.38. The Bertz CT molecular complexity index is 420. The molecule has 0 aromatic carbocycles. The fourth-order valence-electron chi connectivity index (χ4n) is 3.75. The number of fused-ring (bicyclic) bond motifs is 2. The van der Waals surface area contributed by atoms with E-state index in [1.165, 1.54) is 25.7 Å². The van der Waals surface area contributed by atoms with E-state index in [9.17, 15) is 4.79 Å². The van der Waals surface area contributed by atoms with Crippen LogP contribution in [0.2, 0.25) is 0 Å². The average molecular weight is 280 g/mol. The number of hydrogen-bond acceptors (Lipinski definition) is 3. The predicted molar refractivity (Wildman–Crippen MR) is 80.2 cm³/mol. The third-order valence-corrected chi connectivity index (χ3v) is 6.94. The Morgan fingerprint density at radius 1 is 1.42 bits per heavy atom. The SMILES string of the molecule is CC(C)[C@@]1(C)SC(=NC[C@H]2C[C@@H]3CC[C@H]2C3)NC1=O. The van der Waals surface area contributed by atoms with E-state index in [1.807, 2.05) is 6.92 Å². The van der Waals surface area contributed by atoms with E-state index in [2.05, 4.69) is 19.2 Å². The van der Waals surface area contributed by atoms with E-state index in [1.54, 1.807) is 11.8 Å². The van der Waals surface area contributed by atoms with Crippen molar-refractivity contribution in [1.29, 1.82) is 0 Å². The monoisotopic (exact) mass is 280 g/mol. The minimum Gasteiger partial charge on any atom is -0.304 e. The Morgan fingerprint density at radius 3 is 2.74 bits per heavy atom. The predicted octanol–water partition coefficient (Wildman–Crippen LogP) is 3.06. The zero-order valence-electron chi connectivity index (χ0n) is 12.1. The molecule has 3 fully saturated rings. The van der Waals surface area contributed by atoms with Crippen molar-refractivity contribution < 1.29 is 4.79 Å². The first-order chi connectivity index (χ1) is 8.99. The second-order valence-electron chi connectivity index (χ2n) is 6.90. The number of nitrogens with one attached hydrogen (secondary N) is 1. The third-order valence-electron chi connectivity index (χ3n) is 5.44. The maximum atomic E-state index is 12.1. The Kier molecular flexibility index (Phi) is 3.40. The van der Waals surface area contributed by atoms with Crippen LogP contribution < -0.4 is 5.32 Å². The molecule has 0 aromatic rings. The molecule has 4 atom stereocenters. The van der Waals surface area contributed by atoms with Crippen LogP contribution in [0.5, 0.6) is 0 Å². The summed E-state index contributed by atoms with van der Waals surface area (Å²) >= 11 is 1.62. The molecule has 19 heavy (non-hydrogen) atoms. The first kappa shape index (κ1) is 13.5. The first-order valence-electron chi connectivity index (χ1n) is 7.54. The van der Waals surface area contributed by atoms with Gasteiger partial charge in [0.1, 0.15) is 4.75 Å². The van der Waals surface area contributed by atoms with Crippen molar-refractivity contribution in [1.82, 2.24) is 5.32 Å². The molecule has 1 amide bonds. The Morgan fingerprint density at radius 2 is 2.21 bits per heavy atom. The van der Waals surface area contributed by atoms with Crippen molar-refractivity contribution in [2.45, 2.75) is 51.2 Å². The van der Waals surface area contributed by atoms with Gasteiger partial charge in [-0.1, -0.05) is 32.0 Å². The highest BCUT2D eigenvalue weighted by Gasteiger charge is 2.45. The molecule has 2 bridgehead atoms. The quantitative estimate of drug-likeness (QED) is 0.863. The Labute approximate surface area is 120 Å². The minimum absolute atomic E-state index is 0.124. The number of amidine groups is 1. The molecule has 1 N–H and O–H groups in total. The van der Waals surface area contributed by atoms with Gasteiger partial charge in [0.05, 0.1) is 0 Å². The van der Waals surface area contributed by atoms with Crippen LogP contribution in [0.15, 0.2) is 4.99 Å². The van der Waals surface area contributed by atoms with Crippen molar-refractivity contribution in [3.63, 3.8) is 0 Å². The van der Waals surface area contributed by atoms with Crippen LogP contribution in [-0.2, 0) is 4.79 Å². The second-order valence-corrected chi connectivity index (χ2v) is 8.34. The smallest absolute Gasteiger partial charge is 0.242 e. The van der Waals surface area contributed by atoms with Crippen molar-refractivity contribution in [2.75, 3.05) is 6.54 Å². The van der Waals surface area contributed by atoms with Crippen LogP contribution in [0.4, 0.5) is 0 Å². The normalized spacial score (nSPS) is 43.5. The first-order valence-corrected chi connectivity index (χ1v) is 8.35. The highest BCUT2D eigenvalue weighted by Crippen LogP contribution is 2.48. The molecule has 0 unspecified atom stereocenters. The summed E-state index contributed by atoms with van der Waals surface area (Å²) in [6.07, 6.45) is 5.64. The van der Waals surface area contributed by atoms with Gasteiger partial charge in [-0.3, -0.25) is 9.79 Å². The van der Waals surface area contributed by atoms with E-state index < -0.39 is 0 Å². The van der Waals surface area contributed by atoms with E-state index >= 15 is 0 Å². The molecule has 1 heterocycles. The molecule has 2 aliphatic carbocycles. The van der Waals surface area contributed by atoms with Crippen LogP contribution in [0.1, 0.15) is 46.5 Å². The molecule has 0 radical (unpaired) electrons. The summed E-state index contributed by atoms with van der Waals surface area (Å²) in [4.78, 5) is 16.8. The van der Waals surface area contributed by atoms with E-state index in [4.69, 9.17) is 4.99 Å². The fourth-order valence-corrected chi connectivity index (χ4v) is 4.81. The van der Waals surface area contributed by atoms with Gasteiger partial charge >= 0.3 is 0 Å². The van der Waals surface area contributed by atoms with Crippen LogP contribution in [0, 0.1) is 23.7 Å². The molecule has 4 heteroatoms. The highest BCUT2D eigenvalue weighted by molar-refractivity contribution is 8.16. The fraction of sp³-hybridized carbons (Fsp3) is 0.867. The molecule has 3 rings (SSSR count). The van der Waals surface area contributed by atoms with Crippen molar-refractivity contribution in [3.8, 4) is 0 Å². The Hall–Kier alpha value is -0.510. The standard InChI is InChI=1S/C15H24N2OS/c1-9(2)15(3)13(18)17-14(19-15)16-8-12-7-10-4-5-11(12)6-10/h9-12H,4-8H2,1-3H3,(H,16,17,18)/t10-,11+,12-,15-/m1/s1. The molecule has 2 saturated carbocycles. The summed E-state index contributed by atoms with van der Waals surface area (Å²) in [6.45, 7) is 7.15. The van der Waals surface area contributed by atoms with Gasteiger partial charge < -0.3 is 5.32 Å². The van der Waals surface area contributed by atoms with E-state index in [0.29, 0.717) is 5.92 Å². The van der Waals surface area contributed by atoms with Crippen LogP contribution in [0.3, 0.4) is 0 Å². The maximum Gasteiger partial charge on any atom is 0.242 e. The molecule has 0 aromatic heterocycles. The van der Waals surface area contributed by atoms with Crippen molar-refractivity contribution in [2.24, 2.45) is 28.7 Å². The molecule has 0 spiro atoms. The van der Waals surface area contributed by atoms with Crippen LogP contribution >= 0.6 is 11.8 Å². The number of thioether (sulfide) groups is 1. The summed E-state index contributed by atoms with van der Waals surface area (Å²) in [5, 5.41) is 3.82. The lowest BCUT2D eigenvalue weighted by Gasteiger charge is -2.23. The van der Waals surface area contributed by atoms with E-state index in [-0.39, 0.29) is 10.7 Å². The lowest BCUT2D eigenvalue weighted by atomic mass is 9.89. The molecular weight excluding hydrogens is 256 g/mol. The van der Waals surface area contributed by atoms with Gasteiger partial charge in [-0.05, 0) is 49.9 Å². The van der Waals surface area contributed by atoms with Crippen molar-refractivity contribution >= 4 is 22.8 Å². The van der Waals surface area contributed by atoms with Crippen LogP contribution in [0.25, 0.3) is 0 Å². The zero-order valence-corrected chi connectivity index (χ0v) is 12.9. The summed E-state index contributed by atoms with van der Waals surface area (Å²) in [6, 6.07) is 0. The van der Waals surface area contributed by atoms with Gasteiger partial charge in [0, 0.05) is 6.54 Å². The summed E-state index contributed by atoms with van der Waals surface area (Å²) in [7, 11) is 0. The minimum atomic E-state index is -0.340. The summed E-state index contributed by atoms with van der Waals surface area (Å²) in [5.41, 5.74) is 0. The number of carbonyl (C=O) groups is 1. The molecule has 3 nitrogen and oxygen atoms in total. The van der Waals surface area contributed by atoms with Crippen LogP contribution in [-0.4, -0.2) is 22.4 Å². The topological polar surface area (TPSA) is 41.5 Å². The average Bonchev–Trinajstić information content (AvgIpc) is 3.03. The van der Waals surface area contributed by atoms with Gasteiger partial charge in [0.25, 0.3) is 0 Å². The molecule has 106 valence electrons. The van der Waals surface area contributed by atoms with Gasteiger partial charge in [0.2, 0.25) is 5.91 Å². The summed E-state index contributed by atoms with van der Waals surface area (Å²) < 4.78 is -0.340. The third kappa shape index (κ3) is 2.32. The lowest BCUT2D eigenvalue weighted by molar-refractivity contribution is -0.122.